The molecule has 0 radical (unpaired) electrons. The van der Waals surface area contributed by atoms with Gasteiger partial charge in [-0.2, -0.15) is 0 Å². The largest absolute Gasteiger partial charge is 2.00 e. The maximum Gasteiger partial charge on any atom is 2.00 e. The molecule has 2 N–H and O–H groups in total. The molecule has 7 heteroatoms. The number of unbranched alkanes of at least 4 members (excludes halogenated alkanes) is 16. The Morgan fingerprint density at radius 1 is 0.605 bits per heavy atom. The van der Waals surface area contributed by atoms with Crippen LogP contribution >= 0.6 is 0 Å². The zero-order valence-electron chi connectivity index (χ0n) is 26.8. The van der Waals surface area contributed by atoms with E-state index in [9.17, 15) is 24.9 Å². The van der Waals surface area contributed by atoms with Gasteiger partial charge in [-0.1, -0.05) is 158 Å². The molecule has 0 spiro atoms. The third-order valence-corrected chi connectivity index (χ3v) is 7.77. The van der Waals surface area contributed by atoms with Crippen molar-refractivity contribution in [3.8, 4) is 11.5 Å². The van der Waals surface area contributed by atoms with Crippen LogP contribution < -0.4 is 10.2 Å². The van der Waals surface area contributed by atoms with Gasteiger partial charge in [0.05, 0.1) is 5.97 Å². The van der Waals surface area contributed by atoms with Crippen LogP contribution in [0.3, 0.4) is 0 Å². The summed E-state index contributed by atoms with van der Waals surface area (Å²) in [7, 11) is 0. The van der Waals surface area contributed by atoms with E-state index < -0.39 is 11.9 Å². The monoisotopic (exact) mass is 622 g/mol. The minimum atomic E-state index is -1.38. The van der Waals surface area contributed by atoms with E-state index >= 15 is 0 Å². The molecule has 0 heterocycles. The Morgan fingerprint density at radius 2 is 0.977 bits per heavy atom. The van der Waals surface area contributed by atoms with Crippen molar-refractivity contribution >= 4 is 49.7 Å². The molecule has 0 saturated carbocycles. The average molecular weight is 623 g/mol. The fourth-order valence-electron chi connectivity index (χ4n) is 5.16. The van der Waals surface area contributed by atoms with Crippen molar-refractivity contribution in [2.75, 3.05) is 0 Å². The summed E-state index contributed by atoms with van der Waals surface area (Å²) in [5.74, 6) is -2.89. The van der Waals surface area contributed by atoms with Gasteiger partial charge in [0.2, 0.25) is 0 Å². The van der Waals surface area contributed by atoms with Crippen molar-refractivity contribution in [2.45, 2.75) is 142 Å². The average Bonchev–Trinajstić information content (AvgIpc) is 2.97. The molecule has 0 aliphatic heterocycles. The van der Waals surface area contributed by atoms with Gasteiger partial charge in [0.15, 0.2) is 0 Å². The van der Waals surface area contributed by atoms with Crippen LogP contribution in [0.25, 0.3) is 0 Å². The fraction of sp³-hybridized carbons (Fsp3) is 0.611. The second-order valence-corrected chi connectivity index (χ2v) is 11.4. The SMILES string of the molecule is CCCCCCCCCCCc1cccc(C(=O)O)c1O.CCCCCCCCCCCc1cccc(C(=O)[O-])c1[O-].[Ca+2]. The number of rotatable bonds is 22. The van der Waals surface area contributed by atoms with E-state index in [4.69, 9.17) is 5.11 Å². The molecule has 2 aromatic carbocycles. The zero-order valence-corrected chi connectivity index (χ0v) is 29.0. The normalized spacial score (nSPS) is 10.5. The Balaban J connectivity index is 0.000000802. The van der Waals surface area contributed by atoms with Crippen molar-refractivity contribution in [3.63, 3.8) is 0 Å². The molecule has 0 saturated heterocycles. The van der Waals surface area contributed by atoms with Crippen LogP contribution in [0.4, 0.5) is 0 Å². The summed E-state index contributed by atoms with van der Waals surface area (Å²) in [6, 6.07) is 9.61. The second kappa shape index (κ2) is 26.6. The molecule has 0 fully saturated rings. The molecule has 6 nitrogen and oxygen atoms in total. The predicted molar refractivity (Wildman–Crippen MR) is 173 cm³/mol. The van der Waals surface area contributed by atoms with Crippen molar-refractivity contribution in [2.24, 2.45) is 0 Å². The quantitative estimate of drug-likeness (QED) is 0.101. The number of aromatic carboxylic acids is 2. The molecule has 2 rings (SSSR count). The van der Waals surface area contributed by atoms with Crippen LogP contribution in [0.2, 0.25) is 0 Å². The summed E-state index contributed by atoms with van der Waals surface area (Å²) < 4.78 is 0. The summed E-state index contributed by atoms with van der Waals surface area (Å²) in [5.41, 5.74) is 1.13. The van der Waals surface area contributed by atoms with Gasteiger partial charge in [0.1, 0.15) is 11.3 Å². The maximum atomic E-state index is 11.9. The topological polar surface area (TPSA) is 121 Å². The van der Waals surface area contributed by atoms with Gasteiger partial charge < -0.3 is 25.2 Å². The second-order valence-electron chi connectivity index (χ2n) is 11.4. The maximum absolute atomic E-state index is 11.9. The van der Waals surface area contributed by atoms with E-state index in [1.54, 1.807) is 18.2 Å². The van der Waals surface area contributed by atoms with Crippen molar-refractivity contribution < 1.29 is 30.0 Å². The Kier molecular flexibility index (Phi) is 25.5. The van der Waals surface area contributed by atoms with Crippen LogP contribution in [0.5, 0.6) is 11.5 Å². The molecular formula is C36H54CaO6. The molecular weight excluding hydrogens is 568 g/mol. The smallest absolute Gasteiger partial charge is 0.872 e. The molecule has 0 aromatic heterocycles. The molecule has 0 bridgehead atoms. The van der Waals surface area contributed by atoms with Gasteiger partial charge in [-0.3, -0.25) is 0 Å². The van der Waals surface area contributed by atoms with Crippen LogP contribution in [-0.4, -0.2) is 59.9 Å². The van der Waals surface area contributed by atoms with E-state index in [0.717, 1.165) is 37.7 Å². The number of aryl methyl sites for hydroxylation is 2. The van der Waals surface area contributed by atoms with Crippen LogP contribution in [0, 0.1) is 0 Å². The summed E-state index contributed by atoms with van der Waals surface area (Å²) in [4.78, 5) is 21.7. The number of carboxylic acid groups (broad SMARTS) is 2. The van der Waals surface area contributed by atoms with Crippen molar-refractivity contribution in [1.82, 2.24) is 0 Å². The number of benzene rings is 2. The summed E-state index contributed by atoms with van der Waals surface area (Å²) >= 11 is 0. The van der Waals surface area contributed by atoms with Gasteiger partial charge in [0, 0.05) is 0 Å². The van der Waals surface area contributed by atoms with Crippen molar-refractivity contribution in [1.29, 1.82) is 0 Å². The predicted octanol–water partition coefficient (Wildman–Crippen LogP) is 7.98. The number of hydrogen-bond donors (Lipinski definition) is 2. The van der Waals surface area contributed by atoms with Gasteiger partial charge in [-0.25, -0.2) is 4.79 Å². The third kappa shape index (κ3) is 18.6. The number of carbonyl (C=O) groups excluding carboxylic acids is 1. The van der Waals surface area contributed by atoms with Gasteiger partial charge in [0.25, 0.3) is 0 Å². The number of para-hydroxylation sites is 2. The molecule has 0 amide bonds. The Morgan fingerprint density at radius 3 is 1.40 bits per heavy atom. The standard InChI is InChI=1S/2C18H28O3.Ca/c2*1-2-3-4-5-6-7-8-9-10-12-15-13-11-14-16(17(15)19)18(20)21;/h2*11,13-14,19H,2-10,12H2,1H3,(H,20,21);/q;;+2/p-2. The van der Waals surface area contributed by atoms with E-state index in [-0.39, 0.29) is 60.4 Å². The number of hydrogen-bond acceptors (Lipinski definition) is 5. The minimum absolute atomic E-state index is 0. The Bertz CT molecular complexity index is 941. The summed E-state index contributed by atoms with van der Waals surface area (Å²) in [6.45, 7) is 4.45. The molecule has 0 unspecified atom stereocenters. The van der Waals surface area contributed by atoms with Gasteiger partial charge in [-0.05, 0) is 42.9 Å². The van der Waals surface area contributed by atoms with Crippen LogP contribution in [-0.2, 0) is 12.8 Å². The van der Waals surface area contributed by atoms with E-state index in [1.165, 1.54) is 102 Å². The molecule has 0 aliphatic rings. The van der Waals surface area contributed by atoms with Gasteiger partial charge in [-0.15, -0.1) is 0 Å². The molecule has 0 aliphatic carbocycles. The fourth-order valence-corrected chi connectivity index (χ4v) is 5.16. The summed E-state index contributed by atoms with van der Waals surface area (Å²) in [5, 5.41) is 41.5. The van der Waals surface area contributed by atoms with Crippen LogP contribution in [0.15, 0.2) is 36.4 Å². The number of carboxylic acids is 2. The molecule has 236 valence electrons. The minimum Gasteiger partial charge on any atom is -0.872 e. The first-order chi connectivity index (χ1) is 20.3. The van der Waals surface area contributed by atoms with Crippen LogP contribution in [0.1, 0.15) is 161 Å². The first-order valence-electron chi connectivity index (χ1n) is 16.4. The van der Waals surface area contributed by atoms with Crippen molar-refractivity contribution in [3.05, 3.63) is 58.7 Å². The Labute approximate surface area is 290 Å². The molecule has 0 atom stereocenters. The Hall–Kier alpha value is -1.76. The summed E-state index contributed by atoms with van der Waals surface area (Å²) in [6.07, 6.45) is 23.8. The van der Waals surface area contributed by atoms with E-state index in [2.05, 4.69) is 13.8 Å². The van der Waals surface area contributed by atoms with Gasteiger partial charge >= 0.3 is 43.7 Å². The molecule has 43 heavy (non-hydrogen) atoms. The van der Waals surface area contributed by atoms with E-state index in [0.29, 0.717) is 12.0 Å². The number of carbonyl (C=O) groups is 2. The first kappa shape index (κ1) is 41.2. The number of aromatic hydroxyl groups is 1. The third-order valence-electron chi connectivity index (χ3n) is 7.77. The molecule has 2 aromatic rings. The first-order valence-corrected chi connectivity index (χ1v) is 16.4. The zero-order chi connectivity index (χ0) is 31.0. The number of phenols is 1. The van der Waals surface area contributed by atoms with E-state index in [1.807, 2.05) is 6.07 Å².